The van der Waals surface area contributed by atoms with E-state index in [0.717, 1.165) is 0 Å². The van der Waals surface area contributed by atoms with E-state index in [2.05, 4.69) is 15.4 Å². The van der Waals surface area contributed by atoms with E-state index < -0.39 is 10.0 Å². The SMILES string of the molecule is CCC(=O)NC(=S)Nc1ccc(S(=O)(=O)Nc2ccc(OC)cc2)cc1. The van der Waals surface area contributed by atoms with E-state index in [-0.39, 0.29) is 15.9 Å². The van der Waals surface area contributed by atoms with E-state index in [1.165, 1.54) is 19.2 Å². The lowest BCUT2D eigenvalue weighted by Gasteiger charge is -2.11. The Morgan fingerprint density at radius 3 is 2.15 bits per heavy atom. The summed E-state index contributed by atoms with van der Waals surface area (Å²) < 4.78 is 32.4. The molecule has 2 aromatic rings. The zero-order chi connectivity index (χ0) is 19.2. The summed E-state index contributed by atoms with van der Waals surface area (Å²) in [6, 6.07) is 12.6. The van der Waals surface area contributed by atoms with Crippen LogP contribution in [0.5, 0.6) is 5.75 Å². The fourth-order valence-electron chi connectivity index (χ4n) is 1.97. The van der Waals surface area contributed by atoms with Gasteiger partial charge < -0.3 is 15.4 Å². The molecule has 2 aromatic carbocycles. The van der Waals surface area contributed by atoms with Gasteiger partial charge in [0, 0.05) is 17.8 Å². The second-order valence-corrected chi connectivity index (χ2v) is 7.30. The molecule has 0 aliphatic rings. The minimum Gasteiger partial charge on any atom is -0.497 e. The average Bonchev–Trinajstić information content (AvgIpc) is 2.62. The smallest absolute Gasteiger partial charge is 0.261 e. The van der Waals surface area contributed by atoms with Crippen molar-refractivity contribution in [1.82, 2.24) is 5.32 Å². The van der Waals surface area contributed by atoms with Crippen molar-refractivity contribution in [2.75, 3.05) is 17.1 Å². The van der Waals surface area contributed by atoms with Crippen LogP contribution in [0.2, 0.25) is 0 Å². The van der Waals surface area contributed by atoms with Crippen molar-refractivity contribution in [2.24, 2.45) is 0 Å². The quantitative estimate of drug-likeness (QED) is 0.653. The normalized spacial score (nSPS) is 10.7. The molecular formula is C17H19N3O4S2. The van der Waals surface area contributed by atoms with Crippen molar-refractivity contribution >= 4 is 44.6 Å². The molecule has 0 heterocycles. The highest BCUT2D eigenvalue weighted by Gasteiger charge is 2.14. The Morgan fingerprint density at radius 2 is 1.62 bits per heavy atom. The Hall–Kier alpha value is -2.65. The summed E-state index contributed by atoms with van der Waals surface area (Å²) in [5.74, 6) is 0.430. The van der Waals surface area contributed by atoms with Crippen molar-refractivity contribution in [2.45, 2.75) is 18.2 Å². The van der Waals surface area contributed by atoms with Gasteiger partial charge in [-0.25, -0.2) is 8.42 Å². The van der Waals surface area contributed by atoms with Crippen LogP contribution in [0.3, 0.4) is 0 Å². The summed E-state index contributed by atoms with van der Waals surface area (Å²) in [7, 11) is -2.19. The number of ether oxygens (including phenoxy) is 1. The maximum Gasteiger partial charge on any atom is 0.261 e. The highest BCUT2D eigenvalue weighted by molar-refractivity contribution is 7.92. The summed E-state index contributed by atoms with van der Waals surface area (Å²) in [6.07, 6.45) is 0.316. The first kappa shape index (κ1) is 19.7. The third-order valence-corrected chi connectivity index (χ3v) is 4.94. The average molecular weight is 393 g/mol. The van der Waals surface area contributed by atoms with Crippen LogP contribution in [-0.4, -0.2) is 26.5 Å². The Balaban J connectivity index is 2.05. The molecule has 0 spiro atoms. The number of hydrogen-bond acceptors (Lipinski definition) is 5. The molecule has 3 N–H and O–H groups in total. The fourth-order valence-corrected chi connectivity index (χ4v) is 3.26. The highest BCUT2D eigenvalue weighted by Crippen LogP contribution is 2.20. The zero-order valence-electron chi connectivity index (χ0n) is 14.3. The molecule has 0 radical (unpaired) electrons. The van der Waals surface area contributed by atoms with E-state index in [4.69, 9.17) is 17.0 Å². The van der Waals surface area contributed by atoms with E-state index in [1.807, 2.05) is 0 Å². The van der Waals surface area contributed by atoms with E-state index in [9.17, 15) is 13.2 Å². The number of benzene rings is 2. The Labute approximate surface area is 157 Å². The van der Waals surface area contributed by atoms with Gasteiger partial charge in [-0.1, -0.05) is 6.92 Å². The van der Waals surface area contributed by atoms with Crippen molar-refractivity contribution < 1.29 is 17.9 Å². The van der Waals surface area contributed by atoms with Crippen LogP contribution in [0.15, 0.2) is 53.4 Å². The Kier molecular flexibility index (Phi) is 6.53. The number of sulfonamides is 1. The number of hydrogen-bond donors (Lipinski definition) is 3. The molecule has 0 saturated carbocycles. The summed E-state index contributed by atoms with van der Waals surface area (Å²) in [5, 5.41) is 5.48. The van der Waals surface area contributed by atoms with Gasteiger partial charge in [-0.3, -0.25) is 9.52 Å². The van der Waals surface area contributed by atoms with Gasteiger partial charge in [0.05, 0.1) is 12.0 Å². The lowest BCUT2D eigenvalue weighted by Crippen LogP contribution is -2.33. The van der Waals surface area contributed by atoms with Crippen molar-refractivity contribution in [3.8, 4) is 5.75 Å². The van der Waals surface area contributed by atoms with E-state index in [1.54, 1.807) is 43.3 Å². The first-order valence-electron chi connectivity index (χ1n) is 7.72. The minimum atomic E-state index is -3.72. The fraction of sp³-hybridized carbons (Fsp3) is 0.176. The van der Waals surface area contributed by atoms with Crippen LogP contribution in [0.4, 0.5) is 11.4 Å². The molecule has 0 aromatic heterocycles. The van der Waals surface area contributed by atoms with Gasteiger partial charge >= 0.3 is 0 Å². The predicted molar refractivity (Wildman–Crippen MR) is 105 cm³/mol. The summed E-state index contributed by atoms with van der Waals surface area (Å²) in [4.78, 5) is 11.4. The molecule has 2 rings (SSSR count). The van der Waals surface area contributed by atoms with Crippen molar-refractivity contribution in [3.63, 3.8) is 0 Å². The monoisotopic (exact) mass is 393 g/mol. The Bertz CT molecular complexity index is 879. The minimum absolute atomic E-state index is 0.0994. The van der Waals surface area contributed by atoms with Crippen LogP contribution in [-0.2, 0) is 14.8 Å². The number of amides is 1. The number of carbonyl (C=O) groups is 1. The first-order chi connectivity index (χ1) is 12.3. The third-order valence-electron chi connectivity index (χ3n) is 3.34. The molecule has 1 amide bonds. The summed E-state index contributed by atoms with van der Waals surface area (Å²) in [6.45, 7) is 1.72. The Morgan fingerprint density at radius 1 is 1.04 bits per heavy atom. The van der Waals surface area contributed by atoms with Crippen LogP contribution >= 0.6 is 12.2 Å². The van der Waals surface area contributed by atoms with Gasteiger partial charge in [0.1, 0.15) is 5.75 Å². The van der Waals surface area contributed by atoms with Crippen LogP contribution < -0.4 is 20.1 Å². The van der Waals surface area contributed by atoms with Crippen LogP contribution in [0.1, 0.15) is 13.3 Å². The van der Waals surface area contributed by atoms with Gasteiger partial charge in [-0.2, -0.15) is 0 Å². The largest absolute Gasteiger partial charge is 0.497 e. The lowest BCUT2D eigenvalue weighted by molar-refractivity contribution is -0.119. The van der Waals surface area contributed by atoms with Gasteiger partial charge in [-0.15, -0.1) is 0 Å². The first-order valence-corrected chi connectivity index (χ1v) is 9.61. The standard InChI is InChI=1S/C17H19N3O4S2/c1-3-16(21)19-17(25)18-12-6-10-15(11-7-12)26(22,23)20-13-4-8-14(24-2)9-5-13/h4-11,20H,3H2,1-2H3,(H2,18,19,21,25). The number of methoxy groups -OCH3 is 1. The summed E-state index contributed by atoms with van der Waals surface area (Å²) in [5.41, 5.74) is 0.992. The molecular weight excluding hydrogens is 374 g/mol. The maximum absolute atomic E-state index is 12.4. The molecule has 0 fully saturated rings. The summed E-state index contributed by atoms with van der Waals surface area (Å²) >= 11 is 5.01. The van der Waals surface area contributed by atoms with Crippen molar-refractivity contribution in [1.29, 1.82) is 0 Å². The molecule has 9 heteroatoms. The van der Waals surface area contributed by atoms with Crippen molar-refractivity contribution in [3.05, 3.63) is 48.5 Å². The molecule has 26 heavy (non-hydrogen) atoms. The molecule has 138 valence electrons. The molecule has 7 nitrogen and oxygen atoms in total. The van der Waals surface area contributed by atoms with Gasteiger partial charge in [0.2, 0.25) is 5.91 Å². The number of rotatable bonds is 6. The van der Waals surface area contributed by atoms with E-state index >= 15 is 0 Å². The number of anilines is 2. The molecule has 0 atom stereocenters. The van der Waals surface area contributed by atoms with Gasteiger partial charge in [0.15, 0.2) is 5.11 Å². The molecule has 0 aliphatic carbocycles. The molecule has 0 bridgehead atoms. The third kappa shape index (κ3) is 5.43. The molecule has 0 saturated heterocycles. The predicted octanol–water partition coefficient (Wildman–Crippen LogP) is 2.72. The zero-order valence-corrected chi connectivity index (χ0v) is 15.9. The number of nitrogens with one attached hydrogen (secondary N) is 3. The second kappa shape index (κ2) is 8.63. The van der Waals surface area contributed by atoms with E-state index in [0.29, 0.717) is 23.5 Å². The highest BCUT2D eigenvalue weighted by atomic mass is 32.2. The molecule has 0 aliphatic heterocycles. The number of thiocarbonyl (C=S) groups is 1. The lowest BCUT2D eigenvalue weighted by atomic mass is 10.3. The van der Waals surface area contributed by atoms with Gasteiger partial charge in [0.25, 0.3) is 10.0 Å². The number of carbonyl (C=O) groups excluding carboxylic acids is 1. The maximum atomic E-state index is 12.4. The second-order valence-electron chi connectivity index (χ2n) is 5.21. The van der Waals surface area contributed by atoms with Crippen LogP contribution in [0.25, 0.3) is 0 Å². The van der Waals surface area contributed by atoms with Gasteiger partial charge in [-0.05, 0) is 60.7 Å². The van der Waals surface area contributed by atoms with Crippen LogP contribution in [0, 0.1) is 0 Å². The topological polar surface area (TPSA) is 96.5 Å². The molecule has 0 unspecified atom stereocenters.